The van der Waals surface area contributed by atoms with Gasteiger partial charge >= 0.3 is 0 Å². The van der Waals surface area contributed by atoms with Crippen LogP contribution >= 0.6 is 0 Å². The van der Waals surface area contributed by atoms with Gasteiger partial charge in [-0.25, -0.2) is 0 Å². The molecule has 0 bridgehead atoms. The van der Waals surface area contributed by atoms with Crippen molar-refractivity contribution in [3.05, 3.63) is 0 Å². The summed E-state index contributed by atoms with van der Waals surface area (Å²) in [5, 5.41) is 18.2. The molecule has 0 radical (unpaired) electrons. The molecule has 1 atom stereocenters. The Morgan fingerprint density at radius 2 is 2.11 bits per heavy atom. The minimum atomic E-state index is -1.35. The van der Waals surface area contributed by atoms with Crippen molar-refractivity contribution in [2.75, 3.05) is 0 Å². The molecule has 0 amide bonds. The van der Waals surface area contributed by atoms with E-state index in [-0.39, 0.29) is 0 Å². The Labute approximate surface area is 55.5 Å². The maximum Gasteiger partial charge on any atom is 0.162 e. The average molecular weight is 130 g/mol. The predicted molar refractivity (Wildman–Crippen MR) is 34.8 cm³/mol. The van der Waals surface area contributed by atoms with Crippen LogP contribution in [0, 0.1) is 5.92 Å². The Bertz CT molecular complexity index is 99.1. The van der Waals surface area contributed by atoms with E-state index in [0.29, 0.717) is 18.8 Å². The Kier molecular flexibility index (Phi) is 1.78. The maximum absolute atomic E-state index is 9.10. The van der Waals surface area contributed by atoms with E-state index in [9.17, 15) is 0 Å². The Morgan fingerprint density at radius 1 is 1.44 bits per heavy atom. The first-order chi connectivity index (χ1) is 4.10. The van der Waals surface area contributed by atoms with Crippen LogP contribution in [0.25, 0.3) is 0 Å². The molecule has 0 aromatic carbocycles. The fourth-order valence-corrected chi connectivity index (χ4v) is 1.50. The fourth-order valence-electron chi connectivity index (χ4n) is 1.50. The maximum atomic E-state index is 9.10. The molecule has 2 heteroatoms. The van der Waals surface area contributed by atoms with E-state index in [1.165, 1.54) is 0 Å². The lowest BCUT2D eigenvalue weighted by Gasteiger charge is -2.30. The first-order valence-electron chi connectivity index (χ1n) is 3.55. The summed E-state index contributed by atoms with van der Waals surface area (Å²) in [4.78, 5) is 0. The summed E-state index contributed by atoms with van der Waals surface area (Å²) >= 11 is 0. The smallest absolute Gasteiger partial charge is 0.162 e. The van der Waals surface area contributed by atoms with Crippen LogP contribution in [0.2, 0.25) is 0 Å². The van der Waals surface area contributed by atoms with Crippen molar-refractivity contribution in [3.8, 4) is 0 Å². The largest absolute Gasteiger partial charge is 0.366 e. The minimum Gasteiger partial charge on any atom is -0.366 e. The van der Waals surface area contributed by atoms with Crippen molar-refractivity contribution < 1.29 is 10.2 Å². The molecule has 9 heavy (non-hydrogen) atoms. The van der Waals surface area contributed by atoms with E-state index >= 15 is 0 Å². The molecule has 0 aromatic heterocycles. The molecule has 0 spiro atoms. The van der Waals surface area contributed by atoms with Gasteiger partial charge in [0.05, 0.1) is 0 Å². The molecule has 1 saturated carbocycles. The van der Waals surface area contributed by atoms with Crippen molar-refractivity contribution in [2.24, 2.45) is 5.92 Å². The molecule has 0 aliphatic heterocycles. The molecule has 0 heterocycles. The Morgan fingerprint density at radius 3 is 2.44 bits per heavy atom. The van der Waals surface area contributed by atoms with Gasteiger partial charge in [0.15, 0.2) is 5.79 Å². The van der Waals surface area contributed by atoms with E-state index in [0.717, 1.165) is 12.8 Å². The van der Waals surface area contributed by atoms with Crippen molar-refractivity contribution in [2.45, 2.75) is 38.4 Å². The second kappa shape index (κ2) is 2.27. The molecule has 0 aromatic rings. The van der Waals surface area contributed by atoms with Gasteiger partial charge < -0.3 is 10.2 Å². The second-order valence-corrected chi connectivity index (χ2v) is 3.18. The minimum absolute atomic E-state index is 0.480. The highest BCUT2D eigenvalue weighted by Crippen LogP contribution is 2.29. The predicted octanol–water partition coefficient (Wildman–Crippen LogP) is 0.877. The van der Waals surface area contributed by atoms with Crippen molar-refractivity contribution >= 4 is 0 Å². The summed E-state index contributed by atoms with van der Waals surface area (Å²) in [7, 11) is 0. The van der Waals surface area contributed by atoms with Crippen LogP contribution in [0.3, 0.4) is 0 Å². The summed E-state index contributed by atoms with van der Waals surface area (Å²) in [6.45, 7) is 2.06. The van der Waals surface area contributed by atoms with E-state index in [2.05, 4.69) is 6.92 Å². The Hall–Kier alpha value is -0.0800. The SMILES string of the molecule is CC1CCCC(O)(O)C1. The second-order valence-electron chi connectivity index (χ2n) is 3.18. The molecule has 54 valence electrons. The third kappa shape index (κ3) is 1.95. The molecule has 1 aliphatic carbocycles. The van der Waals surface area contributed by atoms with Crippen LogP contribution in [0.15, 0.2) is 0 Å². The van der Waals surface area contributed by atoms with Gasteiger partial charge in [-0.2, -0.15) is 0 Å². The van der Waals surface area contributed by atoms with Crippen molar-refractivity contribution in [1.29, 1.82) is 0 Å². The zero-order chi connectivity index (χ0) is 6.91. The van der Waals surface area contributed by atoms with Gasteiger partial charge in [0.1, 0.15) is 0 Å². The zero-order valence-corrected chi connectivity index (χ0v) is 5.80. The number of rotatable bonds is 0. The summed E-state index contributed by atoms with van der Waals surface area (Å²) in [6.07, 6.45) is 3.20. The van der Waals surface area contributed by atoms with Crippen molar-refractivity contribution in [3.63, 3.8) is 0 Å². The van der Waals surface area contributed by atoms with Crippen LogP contribution in [-0.4, -0.2) is 16.0 Å². The molecule has 0 saturated heterocycles. The van der Waals surface area contributed by atoms with Crippen LogP contribution < -0.4 is 0 Å². The topological polar surface area (TPSA) is 40.5 Å². The highest BCUT2D eigenvalue weighted by molar-refractivity contribution is 4.74. The van der Waals surface area contributed by atoms with Crippen molar-refractivity contribution in [1.82, 2.24) is 0 Å². The van der Waals surface area contributed by atoms with Crippen LogP contribution in [0.4, 0.5) is 0 Å². The lowest BCUT2D eigenvalue weighted by Crippen LogP contribution is -2.33. The van der Waals surface area contributed by atoms with Gasteiger partial charge in [0.25, 0.3) is 0 Å². The quantitative estimate of drug-likeness (QED) is 0.478. The van der Waals surface area contributed by atoms with Gasteiger partial charge in [-0.1, -0.05) is 13.3 Å². The third-order valence-corrected chi connectivity index (χ3v) is 1.95. The van der Waals surface area contributed by atoms with Gasteiger partial charge in [0, 0.05) is 12.8 Å². The molecule has 1 unspecified atom stereocenters. The lowest BCUT2D eigenvalue weighted by molar-refractivity contribution is -0.189. The van der Waals surface area contributed by atoms with E-state index in [1.54, 1.807) is 0 Å². The van der Waals surface area contributed by atoms with Crippen LogP contribution in [-0.2, 0) is 0 Å². The molecular formula is C7H14O2. The highest BCUT2D eigenvalue weighted by atomic mass is 16.5. The first-order valence-corrected chi connectivity index (χ1v) is 3.55. The zero-order valence-electron chi connectivity index (χ0n) is 5.80. The van der Waals surface area contributed by atoms with Gasteiger partial charge in [0.2, 0.25) is 0 Å². The molecule has 1 aliphatic rings. The van der Waals surface area contributed by atoms with Gasteiger partial charge in [-0.15, -0.1) is 0 Å². The van der Waals surface area contributed by atoms with E-state index in [4.69, 9.17) is 10.2 Å². The molecule has 2 nitrogen and oxygen atoms in total. The summed E-state index contributed by atoms with van der Waals surface area (Å²) in [5.41, 5.74) is 0. The third-order valence-electron chi connectivity index (χ3n) is 1.95. The lowest BCUT2D eigenvalue weighted by atomic mass is 9.86. The monoisotopic (exact) mass is 130 g/mol. The van der Waals surface area contributed by atoms with Gasteiger partial charge in [-0.3, -0.25) is 0 Å². The standard InChI is InChI=1S/C7H14O2/c1-6-3-2-4-7(8,9)5-6/h6,8-9H,2-5H2,1H3. The fraction of sp³-hybridized carbons (Fsp3) is 1.00. The molecule has 1 fully saturated rings. The number of aliphatic hydroxyl groups is 2. The van der Waals surface area contributed by atoms with Gasteiger partial charge in [-0.05, 0) is 12.3 Å². The highest BCUT2D eigenvalue weighted by Gasteiger charge is 2.29. The molecule has 1 rings (SSSR count). The summed E-state index contributed by atoms with van der Waals surface area (Å²) in [6, 6.07) is 0. The van der Waals surface area contributed by atoms with Crippen LogP contribution in [0.5, 0.6) is 0 Å². The van der Waals surface area contributed by atoms with E-state index < -0.39 is 5.79 Å². The number of hydrogen-bond acceptors (Lipinski definition) is 2. The summed E-state index contributed by atoms with van der Waals surface area (Å²) in [5.74, 6) is -0.869. The number of hydrogen-bond donors (Lipinski definition) is 2. The van der Waals surface area contributed by atoms with Crippen LogP contribution in [0.1, 0.15) is 32.6 Å². The summed E-state index contributed by atoms with van der Waals surface area (Å²) < 4.78 is 0. The first kappa shape index (κ1) is 7.03. The normalized spacial score (nSPS) is 34.3. The molecular weight excluding hydrogens is 116 g/mol. The average Bonchev–Trinajstić information content (AvgIpc) is 1.60. The van der Waals surface area contributed by atoms with E-state index in [1.807, 2.05) is 0 Å². The molecule has 2 N–H and O–H groups in total. The Balaban J connectivity index is 2.41.